The van der Waals surface area contributed by atoms with Gasteiger partial charge in [-0.05, 0) is 13.0 Å². The molecule has 0 fully saturated rings. The summed E-state index contributed by atoms with van der Waals surface area (Å²) < 4.78 is 26.6. The topological polar surface area (TPSA) is 66.6 Å². The fourth-order valence-corrected chi connectivity index (χ4v) is 1.53. The average Bonchev–Trinajstić information content (AvgIpc) is 2.20. The molecular weight excluding hydrogens is 234 g/mol. The second kappa shape index (κ2) is 5.05. The van der Waals surface area contributed by atoms with Crippen molar-refractivity contribution < 1.29 is 18.8 Å². The van der Waals surface area contributed by atoms with Crippen LogP contribution in [0.2, 0.25) is 0 Å². The molecule has 0 aromatic heterocycles. The van der Waals surface area contributed by atoms with Gasteiger partial charge in [0, 0.05) is 19.7 Å². The van der Waals surface area contributed by atoms with E-state index in [-0.39, 0.29) is 6.54 Å². The normalized spacial score (nSPS) is 12.3. The lowest BCUT2D eigenvalue weighted by molar-refractivity contribution is -0.384. The summed E-state index contributed by atoms with van der Waals surface area (Å²) in [6.45, 7) is 1.40. The summed E-state index contributed by atoms with van der Waals surface area (Å²) in [4.78, 5) is 11.0. The third kappa shape index (κ3) is 2.88. The molecule has 1 aromatic carbocycles. The van der Waals surface area contributed by atoms with Crippen molar-refractivity contribution in [1.82, 2.24) is 0 Å². The number of benzene rings is 1. The highest BCUT2D eigenvalue weighted by atomic mass is 19.2. The van der Waals surface area contributed by atoms with Crippen LogP contribution in [0.25, 0.3) is 0 Å². The summed E-state index contributed by atoms with van der Waals surface area (Å²) in [5.41, 5.74) is -0.997. The molecule has 7 heteroatoms. The van der Waals surface area contributed by atoms with Crippen molar-refractivity contribution in [2.75, 3.05) is 18.5 Å². The van der Waals surface area contributed by atoms with Crippen LogP contribution in [0.4, 0.5) is 20.2 Å². The molecule has 1 atom stereocenters. The lowest BCUT2D eigenvalue weighted by Crippen LogP contribution is -2.28. The highest BCUT2D eigenvalue weighted by Gasteiger charge is 2.25. The predicted molar refractivity (Wildman–Crippen MR) is 58.0 cm³/mol. The van der Waals surface area contributed by atoms with E-state index in [9.17, 15) is 18.9 Å². The largest absolute Gasteiger partial charge is 0.392 e. The first kappa shape index (κ1) is 13.3. The Morgan fingerprint density at radius 2 is 2.12 bits per heavy atom. The summed E-state index contributed by atoms with van der Waals surface area (Å²) in [5.74, 6) is -2.45. The van der Waals surface area contributed by atoms with Gasteiger partial charge in [0.05, 0.1) is 11.0 Å². The van der Waals surface area contributed by atoms with Gasteiger partial charge in [0.2, 0.25) is 0 Å². The van der Waals surface area contributed by atoms with E-state index in [0.717, 1.165) is 11.0 Å². The Morgan fingerprint density at radius 1 is 1.53 bits per heavy atom. The third-order valence-electron chi connectivity index (χ3n) is 2.16. The Kier molecular flexibility index (Phi) is 3.95. The summed E-state index contributed by atoms with van der Waals surface area (Å²) in [6, 6.07) is 1.60. The van der Waals surface area contributed by atoms with Crippen LogP contribution in [0.5, 0.6) is 0 Å². The molecule has 1 rings (SSSR count). The molecule has 1 aromatic rings. The zero-order chi connectivity index (χ0) is 13.2. The molecule has 0 heterocycles. The van der Waals surface area contributed by atoms with Crippen molar-refractivity contribution in [1.29, 1.82) is 0 Å². The number of halogens is 2. The molecule has 17 heavy (non-hydrogen) atoms. The van der Waals surface area contributed by atoms with Gasteiger partial charge in [0.25, 0.3) is 5.69 Å². The maximum atomic E-state index is 13.5. The van der Waals surface area contributed by atoms with Crippen molar-refractivity contribution in [3.63, 3.8) is 0 Å². The lowest BCUT2D eigenvalue weighted by Gasteiger charge is -2.21. The second-order valence-corrected chi connectivity index (χ2v) is 3.72. The molecule has 0 aliphatic heterocycles. The predicted octanol–water partition coefficient (Wildman–Crippen LogP) is 1.69. The van der Waals surface area contributed by atoms with Crippen molar-refractivity contribution >= 4 is 11.4 Å². The molecule has 0 radical (unpaired) electrons. The standard InChI is InChI=1S/C10H12F2N2O3/c1-6(15)5-13(2)10-8(14(16)17)4-3-7(11)9(10)12/h3-4,6,15H,5H2,1-2H3. The molecule has 0 saturated carbocycles. The van der Waals surface area contributed by atoms with Gasteiger partial charge in [-0.25, -0.2) is 8.78 Å². The van der Waals surface area contributed by atoms with E-state index < -0.39 is 34.0 Å². The fraction of sp³-hybridized carbons (Fsp3) is 0.400. The highest BCUT2D eigenvalue weighted by Crippen LogP contribution is 2.31. The van der Waals surface area contributed by atoms with Gasteiger partial charge in [-0.3, -0.25) is 10.1 Å². The van der Waals surface area contributed by atoms with Crippen LogP contribution in [-0.2, 0) is 0 Å². The number of anilines is 1. The zero-order valence-electron chi connectivity index (χ0n) is 9.35. The first-order valence-corrected chi connectivity index (χ1v) is 4.86. The average molecular weight is 246 g/mol. The first-order valence-electron chi connectivity index (χ1n) is 4.86. The molecule has 0 aliphatic carbocycles. The maximum absolute atomic E-state index is 13.5. The van der Waals surface area contributed by atoms with Gasteiger partial charge in [0.15, 0.2) is 17.3 Å². The Morgan fingerprint density at radius 3 is 2.59 bits per heavy atom. The number of aliphatic hydroxyl groups excluding tert-OH is 1. The number of likely N-dealkylation sites (N-methyl/N-ethyl adjacent to an activating group) is 1. The Bertz CT molecular complexity index is 438. The van der Waals surface area contributed by atoms with Crippen LogP contribution in [0.3, 0.4) is 0 Å². The van der Waals surface area contributed by atoms with Gasteiger partial charge in [-0.15, -0.1) is 0 Å². The van der Waals surface area contributed by atoms with Crippen molar-refractivity contribution in [2.24, 2.45) is 0 Å². The van der Waals surface area contributed by atoms with Gasteiger partial charge in [0.1, 0.15) is 0 Å². The van der Waals surface area contributed by atoms with E-state index in [0.29, 0.717) is 6.07 Å². The lowest BCUT2D eigenvalue weighted by atomic mass is 10.2. The number of hydrogen-bond donors (Lipinski definition) is 1. The Hall–Kier alpha value is -1.76. The Balaban J connectivity index is 3.27. The van der Waals surface area contributed by atoms with Crippen molar-refractivity contribution in [2.45, 2.75) is 13.0 Å². The van der Waals surface area contributed by atoms with Crippen molar-refractivity contribution in [3.8, 4) is 0 Å². The summed E-state index contributed by atoms with van der Waals surface area (Å²) in [6.07, 6.45) is -0.817. The maximum Gasteiger partial charge on any atom is 0.295 e. The van der Waals surface area contributed by atoms with E-state index in [1.54, 1.807) is 0 Å². The smallest absolute Gasteiger partial charge is 0.295 e. The van der Waals surface area contributed by atoms with E-state index in [2.05, 4.69) is 0 Å². The molecule has 5 nitrogen and oxygen atoms in total. The second-order valence-electron chi connectivity index (χ2n) is 3.72. The molecule has 0 amide bonds. The summed E-state index contributed by atoms with van der Waals surface area (Å²) >= 11 is 0. The molecule has 1 N–H and O–H groups in total. The van der Waals surface area contributed by atoms with Crippen LogP contribution in [-0.4, -0.2) is 29.7 Å². The fourth-order valence-electron chi connectivity index (χ4n) is 1.53. The summed E-state index contributed by atoms with van der Waals surface area (Å²) in [5, 5.41) is 19.8. The number of aliphatic hydroxyl groups is 1. The van der Waals surface area contributed by atoms with Crippen LogP contribution >= 0.6 is 0 Å². The number of nitro groups is 1. The van der Waals surface area contributed by atoms with E-state index in [4.69, 9.17) is 5.11 Å². The number of nitro benzene ring substituents is 1. The summed E-state index contributed by atoms with van der Waals surface area (Å²) in [7, 11) is 1.34. The minimum Gasteiger partial charge on any atom is -0.392 e. The monoisotopic (exact) mass is 246 g/mol. The minimum atomic E-state index is -1.29. The van der Waals surface area contributed by atoms with Crippen molar-refractivity contribution in [3.05, 3.63) is 33.9 Å². The van der Waals surface area contributed by atoms with Gasteiger partial charge < -0.3 is 10.0 Å². The van der Waals surface area contributed by atoms with Crippen LogP contribution in [0.15, 0.2) is 12.1 Å². The molecule has 94 valence electrons. The SMILES string of the molecule is CC(O)CN(C)c1c([N+](=O)[O-])ccc(F)c1F. The third-order valence-corrected chi connectivity index (χ3v) is 2.16. The number of rotatable bonds is 4. The van der Waals surface area contributed by atoms with Gasteiger partial charge >= 0.3 is 0 Å². The minimum absolute atomic E-state index is 0.0405. The van der Waals surface area contributed by atoms with Crippen LogP contribution in [0, 0.1) is 21.7 Å². The highest BCUT2D eigenvalue weighted by molar-refractivity contribution is 5.64. The molecular formula is C10H12F2N2O3. The molecule has 0 bridgehead atoms. The van der Waals surface area contributed by atoms with Crippen LogP contribution in [0.1, 0.15) is 6.92 Å². The zero-order valence-corrected chi connectivity index (χ0v) is 9.35. The molecule has 0 spiro atoms. The number of hydrogen-bond acceptors (Lipinski definition) is 4. The number of nitrogens with zero attached hydrogens (tertiary/aromatic N) is 2. The quantitative estimate of drug-likeness (QED) is 0.648. The van der Waals surface area contributed by atoms with Gasteiger partial charge in [-0.2, -0.15) is 0 Å². The Labute approximate surface area is 96.4 Å². The van der Waals surface area contributed by atoms with Crippen LogP contribution < -0.4 is 4.90 Å². The van der Waals surface area contributed by atoms with E-state index in [1.807, 2.05) is 0 Å². The molecule has 0 aliphatic rings. The first-order chi connectivity index (χ1) is 7.84. The van der Waals surface area contributed by atoms with E-state index >= 15 is 0 Å². The molecule has 1 unspecified atom stereocenters. The van der Waals surface area contributed by atoms with Gasteiger partial charge in [-0.1, -0.05) is 0 Å². The molecule has 0 saturated heterocycles. The van der Waals surface area contributed by atoms with E-state index in [1.165, 1.54) is 14.0 Å².